The van der Waals surface area contributed by atoms with Gasteiger partial charge in [0.05, 0.1) is 46.2 Å². The molecule has 0 aliphatic heterocycles. The van der Waals surface area contributed by atoms with Crippen molar-refractivity contribution < 1.29 is 61.3 Å². The molecule has 2 atom stereocenters. The minimum Gasteiger partial charge on any atom is -0.756 e. The number of unbranched alkanes of at least 4 members (excludes halogenated alkanes) is 4. The number of alkyl carbamates (subject to hydrolysis) is 2. The Morgan fingerprint density at radius 3 is 1.83 bits per heavy atom. The lowest BCUT2D eigenvalue weighted by atomic mass is 10.1. The summed E-state index contributed by atoms with van der Waals surface area (Å²) in [5.41, 5.74) is 0. The zero-order valence-corrected chi connectivity index (χ0v) is 26.0. The summed E-state index contributed by atoms with van der Waals surface area (Å²) < 4.78 is 50.3. The second-order valence-corrected chi connectivity index (χ2v) is 10.3. The van der Waals surface area contributed by atoms with Gasteiger partial charge in [0.15, 0.2) is 0 Å². The first kappa shape index (κ1) is 40.0. The average Bonchev–Trinajstić information content (AvgIpc) is 2.97. The summed E-state index contributed by atoms with van der Waals surface area (Å²) in [6.07, 6.45) is 2.72. The van der Waals surface area contributed by atoms with Gasteiger partial charge in [-0.15, -0.1) is 0 Å². The molecule has 248 valence electrons. The third kappa shape index (κ3) is 25.7. The van der Waals surface area contributed by atoms with E-state index in [0.29, 0.717) is 78.0 Å². The topological polar surface area (TPSA) is 201 Å². The third-order valence-corrected chi connectivity index (χ3v) is 6.37. The van der Waals surface area contributed by atoms with Crippen LogP contribution in [0.5, 0.6) is 0 Å². The lowest BCUT2D eigenvalue weighted by molar-refractivity contribution is -0.223. The van der Waals surface area contributed by atoms with E-state index in [1.165, 1.54) is 0 Å². The zero-order chi connectivity index (χ0) is 31.3. The van der Waals surface area contributed by atoms with E-state index in [9.17, 15) is 23.8 Å². The summed E-state index contributed by atoms with van der Waals surface area (Å²) >= 11 is 0. The van der Waals surface area contributed by atoms with Crippen molar-refractivity contribution in [2.24, 2.45) is 0 Å². The SMILES string of the molecule is COCCOCCOC(=O)NCCCCC(NC(=O)OCCOCCOC)C(=O)NCCCCCCOP(=O)([O-])OC. The number of methoxy groups -OCH3 is 2. The molecule has 3 N–H and O–H groups in total. The molecular weight excluding hydrogens is 581 g/mol. The van der Waals surface area contributed by atoms with Gasteiger partial charge in [-0.2, -0.15) is 0 Å². The van der Waals surface area contributed by atoms with Crippen molar-refractivity contribution in [2.75, 3.05) is 93.9 Å². The van der Waals surface area contributed by atoms with Crippen LogP contribution in [0.4, 0.5) is 9.59 Å². The summed E-state index contributed by atoms with van der Waals surface area (Å²) in [7, 11) is -0.0554. The van der Waals surface area contributed by atoms with Gasteiger partial charge in [0.2, 0.25) is 5.91 Å². The van der Waals surface area contributed by atoms with Crippen LogP contribution in [0.25, 0.3) is 0 Å². The van der Waals surface area contributed by atoms with Gasteiger partial charge >= 0.3 is 12.2 Å². The van der Waals surface area contributed by atoms with Crippen LogP contribution in [-0.4, -0.2) is 118 Å². The Balaban J connectivity index is 4.38. The molecule has 0 aliphatic rings. The fraction of sp³-hybridized carbons (Fsp3) is 0.880. The summed E-state index contributed by atoms with van der Waals surface area (Å²) in [5, 5.41) is 8.01. The van der Waals surface area contributed by atoms with Crippen LogP contribution >= 0.6 is 7.82 Å². The van der Waals surface area contributed by atoms with Gasteiger partial charge in [-0.3, -0.25) is 9.36 Å². The number of phosphoric acid groups is 1. The molecule has 0 aromatic rings. The van der Waals surface area contributed by atoms with E-state index >= 15 is 0 Å². The van der Waals surface area contributed by atoms with Crippen molar-refractivity contribution in [2.45, 2.75) is 51.0 Å². The molecule has 0 heterocycles. The van der Waals surface area contributed by atoms with Gasteiger partial charge in [0, 0.05) is 34.4 Å². The predicted octanol–water partition coefficient (Wildman–Crippen LogP) is 1.11. The number of hydrogen-bond donors (Lipinski definition) is 3. The normalized spacial score (nSPS) is 13.1. The molecule has 0 rings (SSSR count). The Hall–Kier alpha value is -2.04. The number of rotatable bonds is 28. The molecule has 0 spiro atoms. The fourth-order valence-electron chi connectivity index (χ4n) is 3.19. The van der Waals surface area contributed by atoms with E-state index in [0.717, 1.165) is 13.5 Å². The molecule has 0 aromatic carbocycles. The summed E-state index contributed by atoms with van der Waals surface area (Å²) in [4.78, 5) is 47.9. The fourth-order valence-corrected chi connectivity index (χ4v) is 3.65. The summed E-state index contributed by atoms with van der Waals surface area (Å²) in [6.45, 7) is 3.00. The van der Waals surface area contributed by atoms with E-state index in [2.05, 4.69) is 25.0 Å². The Bertz CT molecular complexity index is 748. The molecule has 0 aromatic heterocycles. The lowest BCUT2D eigenvalue weighted by Gasteiger charge is -2.20. The van der Waals surface area contributed by atoms with Crippen molar-refractivity contribution in [1.82, 2.24) is 16.0 Å². The smallest absolute Gasteiger partial charge is 0.407 e. The molecule has 0 aliphatic carbocycles. The largest absolute Gasteiger partial charge is 0.756 e. The number of ether oxygens (including phenoxy) is 6. The van der Waals surface area contributed by atoms with Crippen molar-refractivity contribution in [1.29, 1.82) is 0 Å². The van der Waals surface area contributed by atoms with Crippen molar-refractivity contribution in [3.63, 3.8) is 0 Å². The second-order valence-electron chi connectivity index (χ2n) is 8.77. The van der Waals surface area contributed by atoms with E-state index in [1.54, 1.807) is 14.2 Å². The Morgan fingerprint density at radius 1 is 0.667 bits per heavy atom. The molecule has 3 amide bonds. The minimum absolute atomic E-state index is 0.0171. The second kappa shape index (κ2) is 27.8. The zero-order valence-electron chi connectivity index (χ0n) is 25.1. The predicted molar refractivity (Wildman–Crippen MR) is 149 cm³/mol. The standard InChI is InChI=1S/C25H50N3O13P/c1-34-14-16-37-18-20-39-24(30)27-12-8-6-10-22(28-25(31)40-21-19-38-17-15-35-2)23(29)26-11-7-4-5-9-13-41-42(32,33)36-3/h22H,4-21H2,1-3H3,(H,26,29)(H,27,30)(H,28,31)(H,32,33)/p-1. The maximum absolute atomic E-state index is 12.8. The maximum atomic E-state index is 12.8. The molecule has 0 saturated carbocycles. The van der Waals surface area contributed by atoms with E-state index in [4.69, 9.17) is 28.4 Å². The van der Waals surface area contributed by atoms with Gasteiger partial charge < -0.3 is 58.3 Å². The molecular formula is C25H49N3O13P-. The Labute approximate surface area is 248 Å². The number of carbonyl (C=O) groups is 3. The van der Waals surface area contributed by atoms with Crippen molar-refractivity contribution >= 4 is 25.9 Å². The first-order valence-electron chi connectivity index (χ1n) is 14.0. The van der Waals surface area contributed by atoms with Crippen LogP contribution in [-0.2, 0) is 46.8 Å². The average molecular weight is 631 g/mol. The Kier molecular flexibility index (Phi) is 26.4. The highest BCUT2D eigenvalue weighted by Crippen LogP contribution is 2.36. The highest BCUT2D eigenvalue weighted by molar-refractivity contribution is 7.45. The van der Waals surface area contributed by atoms with Crippen LogP contribution in [0.15, 0.2) is 0 Å². The summed E-state index contributed by atoms with van der Waals surface area (Å²) in [5.74, 6) is -0.361. The van der Waals surface area contributed by atoms with Gasteiger partial charge in [-0.25, -0.2) is 9.59 Å². The number of phosphoric ester groups is 1. The first-order chi connectivity index (χ1) is 20.3. The van der Waals surface area contributed by atoms with Gasteiger partial charge in [-0.05, 0) is 32.1 Å². The van der Waals surface area contributed by atoms with Gasteiger partial charge in [0.1, 0.15) is 19.3 Å². The number of amides is 3. The van der Waals surface area contributed by atoms with Crippen molar-refractivity contribution in [3.05, 3.63) is 0 Å². The number of carbonyl (C=O) groups excluding carboxylic acids is 3. The molecule has 2 unspecified atom stereocenters. The lowest BCUT2D eigenvalue weighted by Crippen LogP contribution is -2.47. The molecule has 0 fully saturated rings. The van der Waals surface area contributed by atoms with Crippen molar-refractivity contribution in [3.8, 4) is 0 Å². The van der Waals surface area contributed by atoms with Gasteiger partial charge in [-0.1, -0.05) is 12.8 Å². The van der Waals surface area contributed by atoms with Gasteiger partial charge in [0.25, 0.3) is 7.82 Å². The minimum atomic E-state index is -4.21. The highest BCUT2D eigenvalue weighted by Gasteiger charge is 2.21. The number of nitrogens with one attached hydrogen (secondary N) is 3. The highest BCUT2D eigenvalue weighted by atomic mass is 31.2. The molecule has 0 bridgehead atoms. The molecule has 16 nitrogen and oxygen atoms in total. The maximum Gasteiger partial charge on any atom is 0.407 e. The van der Waals surface area contributed by atoms with E-state index in [-0.39, 0.29) is 38.9 Å². The number of hydrogen-bond acceptors (Lipinski definition) is 13. The van der Waals surface area contributed by atoms with Crippen LogP contribution in [0, 0.1) is 0 Å². The molecule has 17 heteroatoms. The van der Waals surface area contributed by atoms with E-state index < -0.39 is 26.1 Å². The van der Waals surface area contributed by atoms with Crippen LogP contribution in [0.1, 0.15) is 44.9 Å². The Morgan fingerprint density at radius 2 is 1.21 bits per heavy atom. The molecule has 42 heavy (non-hydrogen) atoms. The first-order valence-corrected chi connectivity index (χ1v) is 15.5. The van der Waals surface area contributed by atoms with Crippen LogP contribution in [0.2, 0.25) is 0 Å². The van der Waals surface area contributed by atoms with E-state index in [1.807, 2.05) is 0 Å². The van der Waals surface area contributed by atoms with Crippen LogP contribution < -0.4 is 20.8 Å². The van der Waals surface area contributed by atoms with Crippen LogP contribution in [0.3, 0.4) is 0 Å². The quantitative estimate of drug-likeness (QED) is 0.0821. The third-order valence-electron chi connectivity index (χ3n) is 5.43. The summed E-state index contributed by atoms with van der Waals surface area (Å²) in [6, 6.07) is -0.836. The monoisotopic (exact) mass is 630 g/mol. The molecule has 0 radical (unpaired) electrons. The molecule has 0 saturated heterocycles.